The van der Waals surface area contributed by atoms with Crippen LogP contribution in [0.4, 0.5) is 5.82 Å². The molecule has 164 valence electrons. The molecule has 0 amide bonds. The Morgan fingerprint density at radius 3 is 2.36 bits per heavy atom. The average molecular weight is 436 g/mol. The van der Waals surface area contributed by atoms with E-state index in [9.17, 15) is 0 Å². The monoisotopic (exact) mass is 435 g/mol. The summed E-state index contributed by atoms with van der Waals surface area (Å²) in [5.74, 6) is 1.86. The zero-order chi connectivity index (χ0) is 22.6. The van der Waals surface area contributed by atoms with E-state index in [0.29, 0.717) is 6.54 Å². The number of para-hydroxylation sites is 2. The molecule has 0 radical (unpaired) electrons. The molecule has 0 bridgehead atoms. The molecule has 0 aliphatic carbocycles. The third-order valence-electron chi connectivity index (χ3n) is 5.73. The second-order valence-corrected chi connectivity index (χ2v) is 7.73. The summed E-state index contributed by atoms with van der Waals surface area (Å²) in [6.07, 6.45) is 6.99. The van der Waals surface area contributed by atoms with Crippen LogP contribution in [0.3, 0.4) is 0 Å². The molecular formula is C26H25N7. The quantitative estimate of drug-likeness (QED) is 0.364. The lowest BCUT2D eigenvalue weighted by Gasteiger charge is -2.19. The maximum atomic E-state index is 4.94. The molecule has 0 N–H and O–H groups in total. The minimum absolute atomic E-state index is 0.592. The molecule has 0 aliphatic rings. The molecule has 4 aromatic heterocycles. The van der Waals surface area contributed by atoms with Gasteiger partial charge in [-0.05, 0) is 50.2 Å². The number of hydrogen-bond donors (Lipinski definition) is 0. The lowest BCUT2D eigenvalue weighted by Crippen LogP contribution is -2.22. The minimum atomic E-state index is 0.592. The molecule has 0 saturated carbocycles. The molecule has 5 aromatic rings. The zero-order valence-corrected chi connectivity index (χ0v) is 18.8. The summed E-state index contributed by atoms with van der Waals surface area (Å²) in [6, 6.07) is 18.4. The Balaban J connectivity index is 1.55. The van der Waals surface area contributed by atoms with E-state index < -0.39 is 0 Å². The molecule has 0 fully saturated rings. The van der Waals surface area contributed by atoms with Crippen molar-refractivity contribution in [2.24, 2.45) is 0 Å². The molecule has 7 heteroatoms. The molecule has 0 atom stereocenters. The van der Waals surface area contributed by atoms with Gasteiger partial charge in [-0.1, -0.05) is 18.2 Å². The Hall–Kier alpha value is -4.13. The molecule has 5 rings (SSSR count). The van der Waals surface area contributed by atoms with Gasteiger partial charge >= 0.3 is 0 Å². The standard InChI is InChI=1S/C26H25N7/c1-3-32(4-2)25-13-12-19(16-29-25)26-31-23-9-5-6-11-24(23)33(26)17-21-8-7-10-22(30-21)20-14-27-18-28-15-20/h5-16,18H,3-4,17H2,1-2H3. The lowest BCUT2D eigenvalue weighted by atomic mass is 10.2. The van der Waals surface area contributed by atoms with Crippen molar-refractivity contribution < 1.29 is 0 Å². The van der Waals surface area contributed by atoms with E-state index in [1.54, 1.807) is 12.4 Å². The van der Waals surface area contributed by atoms with Crippen LogP contribution in [0.25, 0.3) is 33.7 Å². The first-order valence-corrected chi connectivity index (χ1v) is 11.1. The van der Waals surface area contributed by atoms with E-state index in [0.717, 1.165) is 58.3 Å². The normalized spacial score (nSPS) is 11.1. The van der Waals surface area contributed by atoms with Crippen molar-refractivity contribution in [2.75, 3.05) is 18.0 Å². The van der Waals surface area contributed by atoms with Crippen LogP contribution in [0.1, 0.15) is 19.5 Å². The summed E-state index contributed by atoms with van der Waals surface area (Å²) in [6.45, 7) is 6.73. The van der Waals surface area contributed by atoms with Crippen LogP contribution in [0, 0.1) is 0 Å². The largest absolute Gasteiger partial charge is 0.357 e. The van der Waals surface area contributed by atoms with Crippen molar-refractivity contribution in [3.63, 3.8) is 0 Å². The van der Waals surface area contributed by atoms with Crippen LogP contribution >= 0.6 is 0 Å². The van der Waals surface area contributed by atoms with Gasteiger partial charge in [-0.25, -0.2) is 19.9 Å². The Bertz CT molecular complexity index is 1360. The number of aromatic nitrogens is 6. The number of pyridine rings is 2. The first-order valence-electron chi connectivity index (χ1n) is 11.1. The van der Waals surface area contributed by atoms with Gasteiger partial charge < -0.3 is 9.47 Å². The Labute approximate surface area is 192 Å². The van der Waals surface area contributed by atoms with Gasteiger partial charge in [-0.2, -0.15) is 0 Å². The number of anilines is 1. The van der Waals surface area contributed by atoms with Gasteiger partial charge in [0, 0.05) is 42.8 Å². The average Bonchev–Trinajstić information content (AvgIpc) is 3.24. The summed E-state index contributed by atoms with van der Waals surface area (Å²) in [5, 5.41) is 0. The number of rotatable bonds is 7. The topological polar surface area (TPSA) is 72.6 Å². The summed E-state index contributed by atoms with van der Waals surface area (Å²) in [7, 11) is 0. The molecule has 0 unspecified atom stereocenters. The highest BCUT2D eigenvalue weighted by Gasteiger charge is 2.15. The van der Waals surface area contributed by atoms with Crippen molar-refractivity contribution >= 4 is 16.9 Å². The maximum Gasteiger partial charge on any atom is 0.143 e. The van der Waals surface area contributed by atoms with Crippen LogP contribution in [0.2, 0.25) is 0 Å². The summed E-state index contributed by atoms with van der Waals surface area (Å²) >= 11 is 0. The fourth-order valence-corrected chi connectivity index (χ4v) is 4.03. The van der Waals surface area contributed by atoms with Crippen LogP contribution in [-0.2, 0) is 6.54 Å². The summed E-state index contributed by atoms with van der Waals surface area (Å²) in [5.41, 5.74) is 5.68. The minimum Gasteiger partial charge on any atom is -0.357 e. The highest BCUT2D eigenvalue weighted by Crippen LogP contribution is 2.27. The first-order chi connectivity index (χ1) is 16.3. The SMILES string of the molecule is CCN(CC)c1ccc(-c2nc3ccccc3n2Cc2cccc(-c3cncnc3)n2)cn1. The van der Waals surface area contributed by atoms with Gasteiger partial charge in [0.2, 0.25) is 0 Å². The third kappa shape index (κ3) is 4.17. The molecular weight excluding hydrogens is 410 g/mol. The molecule has 0 spiro atoms. The van der Waals surface area contributed by atoms with E-state index in [1.165, 1.54) is 6.33 Å². The van der Waals surface area contributed by atoms with E-state index >= 15 is 0 Å². The lowest BCUT2D eigenvalue weighted by molar-refractivity contribution is 0.805. The fraction of sp³-hybridized carbons (Fsp3) is 0.192. The molecule has 7 nitrogen and oxygen atoms in total. The fourth-order valence-electron chi connectivity index (χ4n) is 4.03. The first kappa shape index (κ1) is 20.8. The Morgan fingerprint density at radius 2 is 1.61 bits per heavy atom. The van der Waals surface area contributed by atoms with E-state index in [-0.39, 0.29) is 0 Å². The van der Waals surface area contributed by atoms with Crippen LogP contribution in [0.5, 0.6) is 0 Å². The Kier molecular flexibility index (Phi) is 5.76. The third-order valence-corrected chi connectivity index (χ3v) is 5.73. The molecule has 33 heavy (non-hydrogen) atoms. The van der Waals surface area contributed by atoms with Crippen molar-refractivity contribution in [1.29, 1.82) is 0 Å². The molecule has 1 aromatic carbocycles. The molecule has 0 saturated heterocycles. The van der Waals surface area contributed by atoms with Gasteiger partial charge in [0.05, 0.1) is 29.0 Å². The van der Waals surface area contributed by atoms with Gasteiger partial charge in [-0.15, -0.1) is 0 Å². The van der Waals surface area contributed by atoms with Gasteiger partial charge in [0.25, 0.3) is 0 Å². The van der Waals surface area contributed by atoms with E-state index in [4.69, 9.17) is 15.0 Å². The number of imidazole rings is 1. The van der Waals surface area contributed by atoms with Crippen molar-refractivity contribution in [3.8, 4) is 22.6 Å². The highest BCUT2D eigenvalue weighted by atomic mass is 15.2. The summed E-state index contributed by atoms with van der Waals surface area (Å²) < 4.78 is 2.21. The van der Waals surface area contributed by atoms with Crippen molar-refractivity contribution in [3.05, 3.63) is 85.2 Å². The van der Waals surface area contributed by atoms with E-state index in [1.807, 2.05) is 42.6 Å². The number of hydrogen-bond acceptors (Lipinski definition) is 6. The van der Waals surface area contributed by atoms with Crippen LogP contribution < -0.4 is 4.90 Å². The highest BCUT2D eigenvalue weighted by molar-refractivity contribution is 5.80. The smallest absolute Gasteiger partial charge is 0.143 e. The van der Waals surface area contributed by atoms with Gasteiger partial charge in [0.15, 0.2) is 0 Å². The Morgan fingerprint density at radius 1 is 0.788 bits per heavy atom. The zero-order valence-electron chi connectivity index (χ0n) is 18.8. The number of benzene rings is 1. The van der Waals surface area contributed by atoms with Crippen molar-refractivity contribution in [2.45, 2.75) is 20.4 Å². The van der Waals surface area contributed by atoms with Gasteiger partial charge in [-0.3, -0.25) is 4.98 Å². The maximum absolute atomic E-state index is 4.94. The van der Waals surface area contributed by atoms with Crippen LogP contribution in [-0.4, -0.2) is 42.6 Å². The molecule has 0 aliphatic heterocycles. The predicted octanol–water partition coefficient (Wildman–Crippen LogP) is 4.84. The van der Waals surface area contributed by atoms with Crippen LogP contribution in [0.15, 0.2) is 79.5 Å². The summed E-state index contributed by atoms with van der Waals surface area (Å²) in [4.78, 5) is 25.0. The van der Waals surface area contributed by atoms with Gasteiger partial charge in [0.1, 0.15) is 18.0 Å². The second-order valence-electron chi connectivity index (χ2n) is 7.73. The van der Waals surface area contributed by atoms with E-state index in [2.05, 4.69) is 51.5 Å². The number of nitrogens with zero attached hydrogens (tertiary/aromatic N) is 7. The second kappa shape index (κ2) is 9.16. The predicted molar refractivity (Wildman–Crippen MR) is 131 cm³/mol. The molecule has 4 heterocycles. The van der Waals surface area contributed by atoms with Crippen molar-refractivity contribution in [1.82, 2.24) is 29.5 Å². The number of fused-ring (bicyclic) bond motifs is 1.